The second-order valence-corrected chi connectivity index (χ2v) is 7.79. The molecule has 1 aromatic heterocycles. The van der Waals surface area contributed by atoms with Gasteiger partial charge in [-0.15, -0.1) is 0 Å². The molecule has 164 valence electrons. The molecule has 4 rings (SSSR count). The van der Waals surface area contributed by atoms with E-state index in [2.05, 4.69) is 0 Å². The van der Waals surface area contributed by atoms with E-state index in [-0.39, 0.29) is 24.1 Å². The van der Waals surface area contributed by atoms with E-state index in [4.69, 9.17) is 4.74 Å². The lowest BCUT2D eigenvalue weighted by Gasteiger charge is -2.15. The molecule has 0 aliphatic carbocycles. The minimum atomic E-state index is -0.606. The van der Waals surface area contributed by atoms with Crippen molar-refractivity contribution in [3.63, 3.8) is 0 Å². The molecule has 0 atom stereocenters. The summed E-state index contributed by atoms with van der Waals surface area (Å²) in [5.41, 5.74) is 3.75. The zero-order valence-corrected chi connectivity index (χ0v) is 17.9. The first kappa shape index (κ1) is 21.5. The molecule has 0 saturated carbocycles. The standard InChI is InChI=1S/C25H23FN2O4/c1-16-14-22(17(2)28(16)21-11-7-19(26)8-12-21)23(29)15-32-25(31)18-5-9-20(10-6-18)27-13-3-4-24(27)30/h5-12,14H,3-4,13,15H2,1-2H3. The van der Waals surface area contributed by atoms with E-state index in [0.717, 1.165) is 23.5 Å². The van der Waals surface area contributed by atoms with Gasteiger partial charge < -0.3 is 14.2 Å². The Hall–Kier alpha value is -3.74. The van der Waals surface area contributed by atoms with E-state index in [1.165, 1.54) is 12.1 Å². The zero-order valence-electron chi connectivity index (χ0n) is 17.9. The second-order valence-electron chi connectivity index (χ2n) is 7.79. The number of ether oxygens (including phenoxy) is 1. The van der Waals surface area contributed by atoms with Crippen LogP contribution in [-0.2, 0) is 9.53 Å². The fraction of sp³-hybridized carbons (Fsp3) is 0.240. The van der Waals surface area contributed by atoms with Gasteiger partial charge in [0.2, 0.25) is 11.7 Å². The molecule has 0 spiro atoms. The molecule has 1 saturated heterocycles. The van der Waals surface area contributed by atoms with E-state index in [0.29, 0.717) is 29.8 Å². The third-order valence-electron chi connectivity index (χ3n) is 5.64. The molecule has 3 aromatic rings. The Kier molecular flexibility index (Phi) is 5.90. The summed E-state index contributed by atoms with van der Waals surface area (Å²) in [4.78, 5) is 38.6. The van der Waals surface area contributed by atoms with Crippen LogP contribution in [0.3, 0.4) is 0 Å². The number of halogens is 1. The second kappa shape index (κ2) is 8.78. The number of hydrogen-bond donors (Lipinski definition) is 0. The number of aromatic nitrogens is 1. The van der Waals surface area contributed by atoms with Crippen molar-refractivity contribution < 1.29 is 23.5 Å². The van der Waals surface area contributed by atoms with Gasteiger partial charge in [0.05, 0.1) is 5.56 Å². The van der Waals surface area contributed by atoms with Gasteiger partial charge in [-0.2, -0.15) is 0 Å². The van der Waals surface area contributed by atoms with E-state index in [9.17, 15) is 18.8 Å². The van der Waals surface area contributed by atoms with Crippen molar-refractivity contribution in [2.45, 2.75) is 26.7 Å². The number of nitrogens with zero attached hydrogens (tertiary/aromatic N) is 2. The van der Waals surface area contributed by atoms with Crippen LogP contribution in [0, 0.1) is 19.7 Å². The monoisotopic (exact) mass is 434 g/mol. The number of carbonyl (C=O) groups excluding carboxylic acids is 3. The Labute approximate surface area is 185 Å². The molecule has 32 heavy (non-hydrogen) atoms. The number of Topliss-reactive ketones (excluding diaryl/α,β-unsaturated/α-hetero) is 1. The van der Waals surface area contributed by atoms with Crippen molar-refractivity contribution in [2.75, 3.05) is 18.1 Å². The van der Waals surface area contributed by atoms with Crippen LogP contribution >= 0.6 is 0 Å². The molecular weight excluding hydrogens is 411 g/mol. The van der Waals surface area contributed by atoms with Gasteiger partial charge in [-0.25, -0.2) is 9.18 Å². The van der Waals surface area contributed by atoms with E-state index < -0.39 is 5.97 Å². The molecule has 1 fully saturated rings. The predicted molar refractivity (Wildman–Crippen MR) is 118 cm³/mol. The minimum Gasteiger partial charge on any atom is -0.454 e. The lowest BCUT2D eigenvalue weighted by atomic mass is 10.1. The Bertz CT molecular complexity index is 1180. The first-order valence-electron chi connectivity index (χ1n) is 10.4. The summed E-state index contributed by atoms with van der Waals surface area (Å²) in [7, 11) is 0. The highest BCUT2D eigenvalue weighted by Gasteiger charge is 2.22. The van der Waals surface area contributed by atoms with E-state index in [1.807, 2.05) is 11.5 Å². The molecule has 0 N–H and O–H groups in total. The fourth-order valence-corrected chi connectivity index (χ4v) is 4.02. The predicted octanol–water partition coefficient (Wildman–Crippen LogP) is 4.40. The summed E-state index contributed by atoms with van der Waals surface area (Å²) in [5, 5.41) is 0. The van der Waals surface area contributed by atoms with Gasteiger partial charge in [-0.05, 0) is 74.9 Å². The van der Waals surface area contributed by atoms with Crippen LogP contribution in [0.1, 0.15) is 44.9 Å². The fourth-order valence-electron chi connectivity index (χ4n) is 4.02. The van der Waals surface area contributed by atoms with Crippen molar-refractivity contribution in [3.05, 3.63) is 82.9 Å². The Morgan fingerprint density at radius 2 is 1.66 bits per heavy atom. The number of benzene rings is 2. The lowest BCUT2D eigenvalue weighted by Crippen LogP contribution is -2.23. The number of anilines is 1. The number of amides is 1. The molecule has 0 unspecified atom stereocenters. The summed E-state index contributed by atoms with van der Waals surface area (Å²) in [6, 6.07) is 14.3. The third-order valence-corrected chi connectivity index (χ3v) is 5.64. The highest BCUT2D eigenvalue weighted by atomic mass is 19.1. The molecule has 1 amide bonds. The molecule has 2 heterocycles. The topological polar surface area (TPSA) is 68.6 Å². The van der Waals surface area contributed by atoms with Gasteiger partial charge in [-0.3, -0.25) is 9.59 Å². The Morgan fingerprint density at radius 1 is 1.00 bits per heavy atom. The highest BCUT2D eigenvalue weighted by Crippen LogP contribution is 2.23. The first-order chi connectivity index (χ1) is 15.3. The van der Waals surface area contributed by atoms with Crippen LogP contribution in [0.4, 0.5) is 10.1 Å². The normalized spacial score (nSPS) is 13.5. The van der Waals surface area contributed by atoms with E-state index in [1.54, 1.807) is 54.3 Å². The molecule has 6 nitrogen and oxygen atoms in total. The van der Waals surface area contributed by atoms with Crippen molar-refractivity contribution in [3.8, 4) is 5.69 Å². The van der Waals surface area contributed by atoms with Crippen LogP contribution in [-0.4, -0.2) is 35.4 Å². The summed E-state index contributed by atoms with van der Waals surface area (Å²) in [6.45, 7) is 3.93. The summed E-state index contributed by atoms with van der Waals surface area (Å²) < 4.78 is 20.3. The van der Waals surface area contributed by atoms with Gasteiger partial charge in [0, 0.05) is 41.3 Å². The zero-order chi connectivity index (χ0) is 22.8. The number of ketones is 1. The number of aryl methyl sites for hydroxylation is 1. The van der Waals surface area contributed by atoms with Crippen molar-refractivity contribution >= 4 is 23.3 Å². The number of rotatable bonds is 6. The van der Waals surface area contributed by atoms with Crippen LogP contribution in [0.25, 0.3) is 5.69 Å². The molecule has 0 bridgehead atoms. The summed E-state index contributed by atoms with van der Waals surface area (Å²) >= 11 is 0. The lowest BCUT2D eigenvalue weighted by molar-refractivity contribution is -0.117. The minimum absolute atomic E-state index is 0.0733. The van der Waals surface area contributed by atoms with Crippen molar-refractivity contribution in [1.29, 1.82) is 0 Å². The first-order valence-corrected chi connectivity index (χ1v) is 10.4. The molecular formula is C25H23FN2O4. The quantitative estimate of drug-likeness (QED) is 0.426. The summed E-state index contributed by atoms with van der Waals surface area (Å²) in [5.74, 6) is -1.19. The molecule has 1 aliphatic heterocycles. The van der Waals surface area contributed by atoms with Crippen LogP contribution in [0.2, 0.25) is 0 Å². The smallest absolute Gasteiger partial charge is 0.338 e. The average Bonchev–Trinajstić information content (AvgIpc) is 3.35. The van der Waals surface area contributed by atoms with Gasteiger partial charge in [0.25, 0.3) is 0 Å². The number of hydrogen-bond acceptors (Lipinski definition) is 4. The molecule has 7 heteroatoms. The Balaban J connectivity index is 1.42. The highest BCUT2D eigenvalue weighted by molar-refractivity contribution is 6.01. The van der Waals surface area contributed by atoms with Crippen molar-refractivity contribution in [1.82, 2.24) is 4.57 Å². The van der Waals surface area contributed by atoms with Gasteiger partial charge in [-0.1, -0.05) is 0 Å². The maximum Gasteiger partial charge on any atom is 0.338 e. The van der Waals surface area contributed by atoms with E-state index >= 15 is 0 Å². The molecule has 2 aromatic carbocycles. The van der Waals surface area contributed by atoms with Crippen LogP contribution in [0.15, 0.2) is 54.6 Å². The Morgan fingerprint density at radius 3 is 2.28 bits per heavy atom. The number of esters is 1. The van der Waals surface area contributed by atoms with Gasteiger partial charge in [0.15, 0.2) is 6.61 Å². The van der Waals surface area contributed by atoms with Gasteiger partial charge in [0.1, 0.15) is 5.82 Å². The van der Waals surface area contributed by atoms with Gasteiger partial charge >= 0.3 is 5.97 Å². The molecule has 0 radical (unpaired) electrons. The SMILES string of the molecule is Cc1cc(C(=O)COC(=O)c2ccc(N3CCCC3=O)cc2)c(C)n1-c1ccc(F)cc1. The maximum atomic E-state index is 13.2. The molecule has 1 aliphatic rings. The third kappa shape index (κ3) is 4.19. The van der Waals surface area contributed by atoms with Crippen LogP contribution in [0.5, 0.6) is 0 Å². The maximum absolute atomic E-state index is 13.2. The average molecular weight is 434 g/mol. The largest absolute Gasteiger partial charge is 0.454 e. The summed E-state index contributed by atoms with van der Waals surface area (Å²) in [6.07, 6.45) is 1.36. The number of carbonyl (C=O) groups is 3. The van der Waals surface area contributed by atoms with Crippen LogP contribution < -0.4 is 4.90 Å². The van der Waals surface area contributed by atoms with Crippen molar-refractivity contribution in [2.24, 2.45) is 0 Å².